The van der Waals surface area contributed by atoms with E-state index < -0.39 is 6.09 Å². The van der Waals surface area contributed by atoms with E-state index >= 15 is 0 Å². The van der Waals surface area contributed by atoms with E-state index in [2.05, 4.69) is 61.1 Å². The number of aromatic nitrogens is 5. The number of hydrogen-bond donors (Lipinski definition) is 4. The van der Waals surface area contributed by atoms with Gasteiger partial charge in [-0.1, -0.05) is 66.6 Å². The van der Waals surface area contributed by atoms with Crippen LogP contribution in [-0.2, 0) is 35.5 Å². The Kier molecular flexibility index (Phi) is 13.9. The number of aryl methyl sites for hydroxylation is 1. The molecule has 4 N–H and O–H groups in total. The number of phenolic OH excluding ortho intramolecular Hbond substituents is 2. The van der Waals surface area contributed by atoms with Gasteiger partial charge >= 0.3 is 18.1 Å². The molecular weight excluding hydrogens is 914 g/mol. The van der Waals surface area contributed by atoms with Crippen molar-refractivity contribution in [2.75, 3.05) is 56.2 Å². The van der Waals surface area contributed by atoms with Crippen LogP contribution in [0.2, 0.25) is 5.02 Å². The smallest absolute Gasteiger partial charge is 0.407 e. The summed E-state index contributed by atoms with van der Waals surface area (Å²) in [6, 6.07) is 23.7. The van der Waals surface area contributed by atoms with Crippen molar-refractivity contribution in [3.63, 3.8) is 0 Å². The quantitative estimate of drug-likeness (QED) is 0.0840. The van der Waals surface area contributed by atoms with E-state index in [1.165, 1.54) is 16.7 Å². The SMILES string of the molecule is C=CC(=O)N1CCN(c2nc(OC[C@@H]3CC[C@H](COC(=O)NCc4ccc(-n5c(O)nnc5-c5cc(CC)c(O)cc5O)cc4)N3C)nc3c2CCN(c2cccc4cccc(Cl)c24)C3)C[C@@H]1CC#N. The maximum Gasteiger partial charge on any atom is 0.407 e. The number of benzene rings is 4. The minimum atomic E-state index is -0.563. The van der Waals surface area contributed by atoms with Gasteiger partial charge in [0.05, 0.1) is 47.0 Å². The molecule has 4 aromatic carbocycles. The molecule has 0 aliphatic carbocycles. The Balaban J connectivity index is 0.835. The zero-order chi connectivity index (χ0) is 49.1. The molecule has 18 nitrogen and oxygen atoms in total. The number of fused-ring (bicyclic) bond motifs is 2. The van der Waals surface area contributed by atoms with Gasteiger partial charge in [0.15, 0.2) is 5.82 Å². The third kappa shape index (κ3) is 9.67. The Bertz CT molecular complexity index is 2970. The van der Waals surface area contributed by atoms with E-state index in [0.29, 0.717) is 74.0 Å². The Morgan fingerprint density at radius 2 is 1.71 bits per heavy atom. The number of likely N-dealkylation sites (tertiary alicyclic amines) is 1. The number of likely N-dealkylation sites (N-methyl/N-ethyl adjacent to an activating group) is 1. The van der Waals surface area contributed by atoms with Gasteiger partial charge in [-0.15, -0.1) is 5.10 Å². The summed E-state index contributed by atoms with van der Waals surface area (Å²) >= 11 is 6.78. The molecule has 2 amide bonds. The number of piperazine rings is 1. The second kappa shape index (κ2) is 20.5. The Morgan fingerprint density at radius 1 is 0.943 bits per heavy atom. The normalized spacial score (nSPS) is 18.1. The summed E-state index contributed by atoms with van der Waals surface area (Å²) < 4.78 is 13.5. The Morgan fingerprint density at radius 3 is 2.47 bits per heavy atom. The van der Waals surface area contributed by atoms with Crippen molar-refractivity contribution in [3.8, 4) is 46.7 Å². The number of anilines is 2. The zero-order valence-electron chi connectivity index (χ0n) is 39.0. The topological polar surface area (TPSA) is 219 Å². The van der Waals surface area contributed by atoms with Crippen LogP contribution in [0.15, 0.2) is 85.5 Å². The van der Waals surface area contributed by atoms with E-state index in [1.54, 1.807) is 35.2 Å². The Labute approximate surface area is 410 Å². The van der Waals surface area contributed by atoms with Crippen molar-refractivity contribution in [1.29, 1.82) is 5.26 Å². The molecule has 0 spiro atoms. The fourth-order valence-corrected chi connectivity index (χ4v) is 10.1. The van der Waals surface area contributed by atoms with Crippen LogP contribution in [0.25, 0.3) is 27.8 Å². The first-order valence-corrected chi connectivity index (χ1v) is 23.7. The molecular formula is C51H54ClN11O7. The fourth-order valence-electron chi connectivity index (χ4n) is 9.79. The minimum Gasteiger partial charge on any atom is -0.508 e. The molecule has 2 fully saturated rings. The number of aromatic hydroxyl groups is 3. The van der Waals surface area contributed by atoms with Crippen molar-refractivity contribution >= 4 is 45.9 Å². The molecule has 3 atom stereocenters. The van der Waals surface area contributed by atoms with Crippen LogP contribution in [0.4, 0.5) is 16.3 Å². The lowest BCUT2D eigenvalue weighted by molar-refractivity contribution is -0.128. The maximum absolute atomic E-state index is 12.9. The van der Waals surface area contributed by atoms with Crippen LogP contribution in [0.3, 0.4) is 0 Å². The number of hydrogen-bond acceptors (Lipinski definition) is 15. The summed E-state index contributed by atoms with van der Waals surface area (Å²) in [5, 5.41) is 54.5. The maximum atomic E-state index is 12.9. The molecule has 0 unspecified atom stereocenters. The highest BCUT2D eigenvalue weighted by molar-refractivity contribution is 6.36. The first kappa shape index (κ1) is 47.4. The number of phenols is 2. The van der Waals surface area contributed by atoms with Gasteiger partial charge in [-0.25, -0.2) is 9.36 Å². The van der Waals surface area contributed by atoms with E-state index in [9.17, 15) is 30.2 Å². The van der Waals surface area contributed by atoms with Gasteiger partial charge < -0.3 is 44.8 Å². The number of alkyl carbamates (subject to hydrolysis) is 1. The largest absolute Gasteiger partial charge is 0.508 e. The molecule has 2 aromatic heterocycles. The van der Waals surface area contributed by atoms with Crippen LogP contribution < -0.4 is 19.9 Å². The standard InChI is InChI=1S/C51H54ClN11O7/c1-4-32-24-39(44(65)25-43(32)64)48-57-58-50(67)63(48)34-14-12-31(13-15-34)26-54-51(68)70-30-37-17-16-36(59(37)3)29-69-49-55-41-28-60(42-11-7-9-33-8-6-10-40(52)46(33)42)21-19-38(41)47(56-49)61-22-23-62(45(66)5-2)35(27-61)18-20-53/h5-15,24-25,35-37,64-65H,2,4,16-19,21-23,26-30H2,1,3H3,(H,54,68)(H,58,67)/t35-,36-,37+/m0/s1. The highest BCUT2D eigenvalue weighted by Crippen LogP contribution is 2.39. The summed E-state index contributed by atoms with van der Waals surface area (Å²) in [4.78, 5) is 44.1. The van der Waals surface area contributed by atoms with Crippen molar-refractivity contribution < 1.29 is 34.4 Å². The zero-order valence-corrected chi connectivity index (χ0v) is 39.7. The second-order valence-electron chi connectivity index (χ2n) is 17.7. The van der Waals surface area contributed by atoms with E-state index in [-0.39, 0.29) is 72.9 Å². The van der Waals surface area contributed by atoms with Crippen molar-refractivity contribution in [2.45, 2.75) is 70.2 Å². The number of carbonyl (C=O) groups is 2. The van der Waals surface area contributed by atoms with Gasteiger partial charge in [0, 0.05) is 67.5 Å². The number of nitrogens with one attached hydrogen (secondary N) is 1. The van der Waals surface area contributed by atoms with Gasteiger partial charge in [-0.3, -0.25) is 9.69 Å². The summed E-state index contributed by atoms with van der Waals surface area (Å²) in [7, 11) is 1.99. The lowest BCUT2D eigenvalue weighted by Crippen LogP contribution is -2.55. The van der Waals surface area contributed by atoms with Gasteiger partial charge in [0.1, 0.15) is 30.5 Å². The number of amides is 2. The van der Waals surface area contributed by atoms with E-state index in [0.717, 1.165) is 51.9 Å². The van der Waals surface area contributed by atoms with Crippen molar-refractivity contribution in [3.05, 3.63) is 113 Å². The van der Waals surface area contributed by atoms with Gasteiger partial charge in [-0.2, -0.15) is 15.2 Å². The molecule has 0 radical (unpaired) electrons. The van der Waals surface area contributed by atoms with Crippen LogP contribution in [0, 0.1) is 11.3 Å². The molecule has 3 aliphatic heterocycles. The predicted octanol–water partition coefficient (Wildman–Crippen LogP) is 6.66. The molecule has 70 heavy (non-hydrogen) atoms. The average Bonchev–Trinajstić information content (AvgIpc) is 3.93. The third-order valence-corrected chi connectivity index (χ3v) is 14.0. The minimum absolute atomic E-state index is 0.00148. The van der Waals surface area contributed by atoms with Crippen LogP contribution in [0.1, 0.15) is 48.6 Å². The molecule has 3 aliphatic rings. The molecule has 9 rings (SSSR count). The van der Waals surface area contributed by atoms with Gasteiger partial charge in [0.2, 0.25) is 5.91 Å². The monoisotopic (exact) mass is 967 g/mol. The van der Waals surface area contributed by atoms with E-state index in [1.807, 2.05) is 32.2 Å². The fraction of sp³-hybridized carbons (Fsp3) is 0.353. The lowest BCUT2D eigenvalue weighted by Gasteiger charge is -2.42. The molecule has 362 valence electrons. The second-order valence-corrected chi connectivity index (χ2v) is 18.1. The number of nitriles is 1. The molecule has 2 saturated heterocycles. The first-order chi connectivity index (χ1) is 33.9. The van der Waals surface area contributed by atoms with E-state index in [4.69, 9.17) is 31.0 Å². The summed E-state index contributed by atoms with van der Waals surface area (Å²) in [6.45, 7) is 8.79. The lowest BCUT2D eigenvalue weighted by atomic mass is 10.0. The molecule has 0 bridgehead atoms. The van der Waals surface area contributed by atoms with Crippen molar-refractivity contribution in [2.24, 2.45) is 0 Å². The van der Waals surface area contributed by atoms with Gasteiger partial charge in [0.25, 0.3) is 0 Å². The summed E-state index contributed by atoms with van der Waals surface area (Å²) in [5.41, 5.74) is 5.07. The molecule has 6 aromatic rings. The van der Waals surface area contributed by atoms with Crippen LogP contribution in [-0.4, -0.2) is 126 Å². The number of ether oxygens (including phenoxy) is 2. The van der Waals surface area contributed by atoms with Crippen LogP contribution in [0.5, 0.6) is 23.5 Å². The number of rotatable bonds is 14. The third-order valence-electron chi connectivity index (χ3n) is 13.7. The first-order valence-electron chi connectivity index (χ1n) is 23.4. The number of carbonyl (C=O) groups excluding carboxylic acids is 2. The number of nitrogens with zero attached hydrogens (tertiary/aromatic N) is 10. The average molecular weight is 969 g/mol. The van der Waals surface area contributed by atoms with Gasteiger partial charge in [-0.05, 0) is 85.7 Å². The molecule has 5 heterocycles. The highest BCUT2D eigenvalue weighted by Gasteiger charge is 2.35. The highest BCUT2D eigenvalue weighted by atomic mass is 35.5. The predicted molar refractivity (Wildman–Crippen MR) is 263 cm³/mol. The molecule has 19 heteroatoms. The molecule has 0 saturated carbocycles. The van der Waals surface area contributed by atoms with Crippen LogP contribution >= 0.6 is 11.6 Å². The number of halogens is 1. The van der Waals surface area contributed by atoms with Crippen molar-refractivity contribution in [1.82, 2.24) is 39.8 Å². The summed E-state index contributed by atoms with van der Waals surface area (Å²) in [5.74, 6) is 0.497. The summed E-state index contributed by atoms with van der Waals surface area (Å²) in [6.07, 6.45) is 3.68. The Hall–Kier alpha value is -7.62.